The molecule has 0 heterocycles. The van der Waals surface area contributed by atoms with Crippen molar-refractivity contribution >= 4 is 6.41 Å². The van der Waals surface area contributed by atoms with Crippen LogP contribution in [0.2, 0.25) is 0 Å². The minimum Gasteiger partial charge on any atom is -0.355 e. The SMILES string of the molecule is CC1(C)[C@@H]2CC[C@@](C)(C2)[C@H]1NC=O. The van der Waals surface area contributed by atoms with Gasteiger partial charge in [-0.3, -0.25) is 4.79 Å². The van der Waals surface area contributed by atoms with E-state index in [1.807, 2.05) is 0 Å². The number of nitrogens with one attached hydrogen (secondary N) is 1. The van der Waals surface area contributed by atoms with E-state index in [9.17, 15) is 4.79 Å². The Balaban J connectivity index is 2.28. The minimum atomic E-state index is 0.300. The molecule has 0 spiro atoms. The second-order valence-corrected chi connectivity index (χ2v) is 5.63. The van der Waals surface area contributed by atoms with E-state index in [-0.39, 0.29) is 0 Å². The van der Waals surface area contributed by atoms with E-state index in [2.05, 4.69) is 26.1 Å². The van der Waals surface area contributed by atoms with Crippen LogP contribution in [0.5, 0.6) is 0 Å². The lowest BCUT2D eigenvalue weighted by Crippen LogP contribution is -2.49. The van der Waals surface area contributed by atoms with Gasteiger partial charge in [-0.15, -0.1) is 0 Å². The van der Waals surface area contributed by atoms with Crippen LogP contribution in [0.15, 0.2) is 0 Å². The van der Waals surface area contributed by atoms with Gasteiger partial charge in [0.25, 0.3) is 0 Å². The number of carbonyl (C=O) groups is 1. The summed E-state index contributed by atoms with van der Waals surface area (Å²) >= 11 is 0. The van der Waals surface area contributed by atoms with Gasteiger partial charge in [-0.25, -0.2) is 0 Å². The van der Waals surface area contributed by atoms with E-state index in [0.29, 0.717) is 16.9 Å². The summed E-state index contributed by atoms with van der Waals surface area (Å²) in [5.74, 6) is 0.815. The molecule has 1 amide bonds. The number of fused-ring (bicyclic) bond motifs is 2. The van der Waals surface area contributed by atoms with Gasteiger partial charge >= 0.3 is 0 Å². The van der Waals surface area contributed by atoms with E-state index < -0.39 is 0 Å². The number of hydrogen-bond acceptors (Lipinski definition) is 1. The second-order valence-electron chi connectivity index (χ2n) is 5.63. The number of carbonyl (C=O) groups excluding carboxylic acids is 1. The van der Waals surface area contributed by atoms with Gasteiger partial charge in [0.1, 0.15) is 0 Å². The first-order chi connectivity index (χ1) is 6.00. The highest BCUT2D eigenvalue weighted by molar-refractivity contribution is 5.48. The number of rotatable bonds is 2. The summed E-state index contributed by atoms with van der Waals surface area (Å²) in [6.07, 6.45) is 4.80. The third-order valence-corrected chi connectivity index (χ3v) is 4.50. The van der Waals surface area contributed by atoms with Crippen molar-refractivity contribution in [1.82, 2.24) is 5.32 Å². The number of hydrogen-bond donors (Lipinski definition) is 1. The highest BCUT2D eigenvalue weighted by Crippen LogP contribution is 2.62. The van der Waals surface area contributed by atoms with Gasteiger partial charge in [-0.2, -0.15) is 0 Å². The minimum absolute atomic E-state index is 0.300. The van der Waals surface area contributed by atoms with Gasteiger partial charge in [0.05, 0.1) is 0 Å². The molecule has 13 heavy (non-hydrogen) atoms. The van der Waals surface area contributed by atoms with Gasteiger partial charge in [-0.05, 0) is 36.0 Å². The van der Waals surface area contributed by atoms with Crippen molar-refractivity contribution < 1.29 is 4.79 Å². The summed E-state index contributed by atoms with van der Waals surface area (Å²) in [5.41, 5.74) is 0.670. The molecule has 2 heteroatoms. The first kappa shape index (κ1) is 9.04. The van der Waals surface area contributed by atoms with Crippen LogP contribution >= 0.6 is 0 Å². The van der Waals surface area contributed by atoms with Crippen molar-refractivity contribution in [2.24, 2.45) is 16.7 Å². The molecule has 2 nitrogen and oxygen atoms in total. The van der Waals surface area contributed by atoms with E-state index in [0.717, 1.165) is 12.3 Å². The van der Waals surface area contributed by atoms with E-state index >= 15 is 0 Å². The van der Waals surface area contributed by atoms with Crippen molar-refractivity contribution in [2.75, 3.05) is 0 Å². The average molecular weight is 181 g/mol. The van der Waals surface area contributed by atoms with Gasteiger partial charge in [0.15, 0.2) is 0 Å². The fraction of sp³-hybridized carbons (Fsp3) is 0.909. The lowest BCUT2D eigenvalue weighted by molar-refractivity contribution is -0.112. The molecule has 0 saturated heterocycles. The van der Waals surface area contributed by atoms with E-state index in [1.54, 1.807) is 0 Å². The maximum Gasteiger partial charge on any atom is 0.207 e. The Bertz CT molecular complexity index is 231. The zero-order valence-electron chi connectivity index (χ0n) is 8.76. The predicted octanol–water partition coefficient (Wildman–Crippen LogP) is 1.95. The van der Waals surface area contributed by atoms with Crippen LogP contribution in [0.3, 0.4) is 0 Å². The van der Waals surface area contributed by atoms with Crippen molar-refractivity contribution in [1.29, 1.82) is 0 Å². The second kappa shape index (κ2) is 2.49. The Hall–Kier alpha value is -0.530. The smallest absolute Gasteiger partial charge is 0.207 e. The summed E-state index contributed by atoms with van der Waals surface area (Å²) in [4.78, 5) is 10.6. The molecule has 0 aromatic rings. The standard InChI is InChI=1S/C11H19NO/c1-10(2)8-4-5-11(3,6-8)9(10)12-7-13/h7-9H,4-6H2,1-3H3,(H,12,13)/t8-,9+,11+/m1/s1. The molecular weight excluding hydrogens is 162 g/mol. The Labute approximate surface area is 80.1 Å². The van der Waals surface area contributed by atoms with Crippen molar-refractivity contribution in [3.8, 4) is 0 Å². The van der Waals surface area contributed by atoms with Gasteiger partial charge in [0.2, 0.25) is 6.41 Å². The summed E-state index contributed by atoms with van der Waals surface area (Å²) in [6, 6.07) is 0.385. The summed E-state index contributed by atoms with van der Waals surface area (Å²) in [5, 5.41) is 3.03. The molecule has 2 bridgehead atoms. The number of amides is 1. The van der Waals surface area contributed by atoms with Gasteiger partial charge in [0, 0.05) is 6.04 Å². The molecule has 2 aliphatic rings. The molecule has 0 unspecified atom stereocenters. The quantitative estimate of drug-likeness (QED) is 0.648. The summed E-state index contributed by atoms with van der Waals surface area (Å²) in [7, 11) is 0. The Kier molecular flexibility index (Phi) is 1.73. The van der Waals surface area contributed by atoms with Crippen LogP contribution in [0, 0.1) is 16.7 Å². The third kappa shape index (κ3) is 1.04. The van der Waals surface area contributed by atoms with Crippen LogP contribution in [0.1, 0.15) is 40.0 Å². The molecule has 2 fully saturated rings. The summed E-state index contributed by atoms with van der Waals surface area (Å²) < 4.78 is 0. The Morgan fingerprint density at radius 3 is 2.54 bits per heavy atom. The fourth-order valence-electron chi connectivity index (χ4n) is 3.79. The molecule has 0 radical (unpaired) electrons. The lowest BCUT2D eigenvalue weighted by atomic mass is 9.68. The molecule has 0 aromatic carbocycles. The molecule has 0 aliphatic heterocycles. The topological polar surface area (TPSA) is 29.1 Å². The maximum absolute atomic E-state index is 10.6. The predicted molar refractivity (Wildman–Crippen MR) is 52.2 cm³/mol. The zero-order chi connectivity index (χ0) is 9.69. The average Bonchev–Trinajstić information content (AvgIpc) is 2.50. The molecule has 2 saturated carbocycles. The highest BCUT2D eigenvalue weighted by atomic mass is 16.1. The van der Waals surface area contributed by atoms with Crippen molar-refractivity contribution in [3.05, 3.63) is 0 Å². The normalized spacial score (nSPS) is 46.4. The van der Waals surface area contributed by atoms with Crippen LogP contribution in [0.25, 0.3) is 0 Å². The van der Waals surface area contributed by atoms with Crippen LogP contribution < -0.4 is 5.32 Å². The molecule has 0 aromatic heterocycles. The van der Waals surface area contributed by atoms with E-state index in [4.69, 9.17) is 0 Å². The van der Waals surface area contributed by atoms with Crippen molar-refractivity contribution in [2.45, 2.75) is 46.1 Å². The fourth-order valence-corrected chi connectivity index (χ4v) is 3.79. The maximum atomic E-state index is 10.6. The monoisotopic (exact) mass is 181 g/mol. The van der Waals surface area contributed by atoms with E-state index in [1.165, 1.54) is 19.3 Å². The molecule has 74 valence electrons. The van der Waals surface area contributed by atoms with Crippen LogP contribution in [-0.4, -0.2) is 12.5 Å². The molecule has 1 N–H and O–H groups in total. The lowest BCUT2D eigenvalue weighted by Gasteiger charge is -2.42. The molecular formula is C11H19NO. The van der Waals surface area contributed by atoms with Crippen LogP contribution in [-0.2, 0) is 4.79 Å². The third-order valence-electron chi connectivity index (χ3n) is 4.50. The summed E-state index contributed by atoms with van der Waals surface area (Å²) in [6.45, 7) is 6.91. The molecule has 2 aliphatic carbocycles. The highest BCUT2D eigenvalue weighted by Gasteiger charge is 2.59. The van der Waals surface area contributed by atoms with Gasteiger partial charge in [-0.1, -0.05) is 20.8 Å². The first-order valence-electron chi connectivity index (χ1n) is 5.20. The zero-order valence-corrected chi connectivity index (χ0v) is 8.76. The Morgan fingerprint density at radius 2 is 2.08 bits per heavy atom. The molecule has 2 rings (SSSR count). The van der Waals surface area contributed by atoms with Gasteiger partial charge < -0.3 is 5.32 Å². The molecule has 3 atom stereocenters. The largest absolute Gasteiger partial charge is 0.355 e. The first-order valence-corrected chi connectivity index (χ1v) is 5.20. The Morgan fingerprint density at radius 1 is 1.38 bits per heavy atom. The van der Waals surface area contributed by atoms with Crippen molar-refractivity contribution in [3.63, 3.8) is 0 Å². The van der Waals surface area contributed by atoms with Crippen LogP contribution in [0.4, 0.5) is 0 Å².